The summed E-state index contributed by atoms with van der Waals surface area (Å²) in [5.74, 6) is -0.0193. The Hall–Kier alpha value is -1.66. The molecule has 0 aliphatic rings. The summed E-state index contributed by atoms with van der Waals surface area (Å²) in [5, 5.41) is 23.2. The van der Waals surface area contributed by atoms with Crippen LogP contribution in [0.15, 0.2) is 24.3 Å². The van der Waals surface area contributed by atoms with Crippen molar-refractivity contribution < 1.29 is 24.5 Å². The number of hydrogen-bond donors (Lipinski definition) is 3. The van der Waals surface area contributed by atoms with Crippen molar-refractivity contribution >= 4 is 11.9 Å². The highest BCUT2D eigenvalue weighted by Gasteiger charge is 2.20. The van der Waals surface area contributed by atoms with E-state index in [1.165, 1.54) is 302 Å². The molecule has 0 aliphatic heterocycles. The van der Waals surface area contributed by atoms with E-state index in [-0.39, 0.29) is 18.5 Å². The molecule has 0 saturated heterocycles. The van der Waals surface area contributed by atoms with Crippen LogP contribution < -0.4 is 5.32 Å². The van der Waals surface area contributed by atoms with Gasteiger partial charge in [-0.1, -0.05) is 308 Å². The Morgan fingerprint density at radius 2 is 0.635 bits per heavy atom. The summed E-state index contributed by atoms with van der Waals surface area (Å²) in [7, 11) is 0. The Morgan fingerprint density at radius 1 is 0.365 bits per heavy atom. The lowest BCUT2D eigenvalue weighted by Crippen LogP contribution is -2.45. The highest BCUT2D eigenvalue weighted by Crippen LogP contribution is 2.18. The first-order valence-electron chi connectivity index (χ1n) is 33.6. The molecule has 0 spiro atoms. The van der Waals surface area contributed by atoms with Crippen LogP contribution in [0.3, 0.4) is 0 Å². The van der Waals surface area contributed by atoms with Gasteiger partial charge in [-0.15, -0.1) is 0 Å². The number of rotatable bonds is 63. The highest BCUT2D eigenvalue weighted by molar-refractivity contribution is 5.76. The van der Waals surface area contributed by atoms with Gasteiger partial charge in [0.2, 0.25) is 5.91 Å². The van der Waals surface area contributed by atoms with Crippen molar-refractivity contribution in [3.05, 3.63) is 24.3 Å². The van der Waals surface area contributed by atoms with E-state index in [1.807, 2.05) is 0 Å². The molecule has 0 saturated carbocycles. The molecule has 74 heavy (non-hydrogen) atoms. The van der Waals surface area contributed by atoms with Gasteiger partial charge in [0, 0.05) is 12.8 Å². The van der Waals surface area contributed by atoms with E-state index in [0.717, 1.165) is 38.5 Å². The molecule has 0 aromatic heterocycles. The summed E-state index contributed by atoms with van der Waals surface area (Å²) < 4.78 is 5.51. The van der Waals surface area contributed by atoms with Gasteiger partial charge in [0.25, 0.3) is 0 Å². The third-order valence-corrected chi connectivity index (χ3v) is 15.7. The van der Waals surface area contributed by atoms with Crippen LogP contribution >= 0.6 is 0 Å². The second-order valence-corrected chi connectivity index (χ2v) is 23.1. The standard InChI is InChI=1S/C68H131NO5/c1-3-5-7-9-11-13-15-16-17-18-29-33-36-39-42-46-50-54-58-62-68(73)74-63-59-55-51-47-43-40-37-34-31-28-26-24-22-20-19-21-23-25-27-30-32-35-38-41-45-49-53-57-61-67(72)69-65(64-70)66(71)60-56-52-48-44-14-12-10-8-6-4-2/h16-17,19-20,65-66,70-71H,3-15,18,21-64H2,1-2H3,(H,69,72)/b17-16-,20-19-. The maximum Gasteiger partial charge on any atom is 0.305 e. The number of allylic oxidation sites excluding steroid dienone is 4. The van der Waals surface area contributed by atoms with E-state index in [0.29, 0.717) is 25.9 Å². The van der Waals surface area contributed by atoms with Gasteiger partial charge in [0.15, 0.2) is 0 Å². The largest absolute Gasteiger partial charge is 0.466 e. The number of carbonyl (C=O) groups excluding carboxylic acids is 2. The number of esters is 1. The summed E-state index contributed by atoms with van der Waals surface area (Å²) in [6.07, 6.45) is 79.4. The topological polar surface area (TPSA) is 95.9 Å². The Balaban J connectivity index is 3.33. The number of unbranched alkanes of at least 4 members (excludes halogenated alkanes) is 48. The molecule has 0 aliphatic carbocycles. The summed E-state index contributed by atoms with van der Waals surface area (Å²) in [6, 6.07) is -0.539. The molecule has 0 radical (unpaired) electrons. The predicted molar refractivity (Wildman–Crippen MR) is 324 cm³/mol. The Morgan fingerprint density at radius 3 is 0.959 bits per heavy atom. The first kappa shape index (κ1) is 72.3. The molecular formula is C68H131NO5. The number of ether oxygens (including phenoxy) is 1. The predicted octanol–water partition coefficient (Wildman–Crippen LogP) is 21.4. The second kappa shape index (κ2) is 63.9. The molecule has 0 fully saturated rings. The van der Waals surface area contributed by atoms with Crippen molar-refractivity contribution in [3.63, 3.8) is 0 Å². The number of aliphatic hydroxyl groups is 2. The SMILES string of the molecule is CCCCCCCC/C=C\CCCCCCCCCCCC(=O)OCCCCCCCCCCCCCC/C=C\CCCCCCCCCCCCCCC(=O)NC(CO)C(O)CCCCCCCCCCCC. The maximum atomic E-state index is 12.4. The molecule has 1 amide bonds. The minimum atomic E-state index is -0.662. The number of hydrogen-bond acceptors (Lipinski definition) is 5. The molecule has 0 heterocycles. The highest BCUT2D eigenvalue weighted by atomic mass is 16.5. The molecule has 6 heteroatoms. The molecule has 0 rings (SSSR count). The normalized spacial score (nSPS) is 12.6. The van der Waals surface area contributed by atoms with Crippen molar-refractivity contribution in [1.82, 2.24) is 5.32 Å². The average molecular weight is 1040 g/mol. The quantitative estimate of drug-likeness (QED) is 0.0320. The van der Waals surface area contributed by atoms with Gasteiger partial charge in [0.05, 0.1) is 25.4 Å². The lowest BCUT2D eigenvalue weighted by molar-refractivity contribution is -0.143. The number of amides is 1. The summed E-state index contributed by atoms with van der Waals surface area (Å²) in [4.78, 5) is 24.5. The van der Waals surface area contributed by atoms with E-state index in [9.17, 15) is 19.8 Å². The zero-order valence-corrected chi connectivity index (χ0v) is 50.1. The molecule has 6 nitrogen and oxygen atoms in total. The Bertz CT molecular complexity index is 1150. The van der Waals surface area contributed by atoms with Crippen LogP contribution in [0.2, 0.25) is 0 Å². The first-order chi connectivity index (χ1) is 36.5. The molecular weight excluding hydrogens is 911 g/mol. The lowest BCUT2D eigenvalue weighted by atomic mass is 10.0. The zero-order valence-electron chi connectivity index (χ0n) is 50.1. The van der Waals surface area contributed by atoms with E-state index >= 15 is 0 Å². The van der Waals surface area contributed by atoms with Gasteiger partial charge in [-0.2, -0.15) is 0 Å². The van der Waals surface area contributed by atoms with Gasteiger partial charge in [0.1, 0.15) is 0 Å². The van der Waals surface area contributed by atoms with Crippen molar-refractivity contribution in [2.45, 2.75) is 386 Å². The van der Waals surface area contributed by atoms with Crippen molar-refractivity contribution in [2.24, 2.45) is 0 Å². The lowest BCUT2D eigenvalue weighted by Gasteiger charge is -2.22. The van der Waals surface area contributed by atoms with E-state index in [2.05, 4.69) is 43.5 Å². The number of nitrogens with one attached hydrogen (secondary N) is 1. The van der Waals surface area contributed by atoms with Crippen LogP contribution in [0.1, 0.15) is 373 Å². The van der Waals surface area contributed by atoms with Gasteiger partial charge in [-0.3, -0.25) is 9.59 Å². The minimum Gasteiger partial charge on any atom is -0.466 e. The summed E-state index contributed by atoms with van der Waals surface area (Å²) >= 11 is 0. The Labute approximate surface area is 462 Å². The van der Waals surface area contributed by atoms with Gasteiger partial charge in [-0.25, -0.2) is 0 Å². The van der Waals surface area contributed by atoms with E-state index in [4.69, 9.17) is 4.74 Å². The minimum absolute atomic E-state index is 0.0159. The molecule has 0 bridgehead atoms. The first-order valence-corrected chi connectivity index (χ1v) is 33.6. The smallest absolute Gasteiger partial charge is 0.305 e. The van der Waals surface area contributed by atoms with Gasteiger partial charge >= 0.3 is 5.97 Å². The molecule has 438 valence electrons. The van der Waals surface area contributed by atoms with Crippen LogP contribution in [0.4, 0.5) is 0 Å². The fraction of sp³-hybridized carbons (Fsp3) is 0.912. The number of carbonyl (C=O) groups is 2. The van der Waals surface area contributed by atoms with Crippen molar-refractivity contribution in [3.8, 4) is 0 Å². The molecule has 2 unspecified atom stereocenters. The third-order valence-electron chi connectivity index (χ3n) is 15.7. The van der Waals surface area contributed by atoms with Crippen LogP contribution in [0, 0.1) is 0 Å². The van der Waals surface area contributed by atoms with Gasteiger partial charge < -0.3 is 20.3 Å². The third kappa shape index (κ3) is 59.6. The summed E-state index contributed by atoms with van der Waals surface area (Å²) in [6.45, 7) is 4.96. The summed E-state index contributed by atoms with van der Waals surface area (Å²) in [5.41, 5.74) is 0. The monoisotopic (exact) mass is 1040 g/mol. The molecule has 2 atom stereocenters. The second-order valence-electron chi connectivity index (χ2n) is 23.1. The van der Waals surface area contributed by atoms with E-state index in [1.54, 1.807) is 0 Å². The molecule has 0 aromatic carbocycles. The van der Waals surface area contributed by atoms with Crippen molar-refractivity contribution in [2.75, 3.05) is 13.2 Å². The fourth-order valence-corrected chi connectivity index (χ4v) is 10.6. The van der Waals surface area contributed by atoms with E-state index < -0.39 is 12.1 Å². The molecule has 3 N–H and O–H groups in total. The fourth-order valence-electron chi connectivity index (χ4n) is 10.6. The Kier molecular flexibility index (Phi) is 62.4. The van der Waals surface area contributed by atoms with Crippen LogP contribution in [-0.2, 0) is 14.3 Å². The zero-order chi connectivity index (χ0) is 53.6. The van der Waals surface area contributed by atoms with Gasteiger partial charge in [-0.05, 0) is 77.0 Å². The van der Waals surface area contributed by atoms with Crippen LogP contribution in [0.25, 0.3) is 0 Å². The maximum absolute atomic E-state index is 12.4. The van der Waals surface area contributed by atoms with Crippen LogP contribution in [0.5, 0.6) is 0 Å². The van der Waals surface area contributed by atoms with Crippen LogP contribution in [-0.4, -0.2) is 47.4 Å². The van der Waals surface area contributed by atoms with Crippen molar-refractivity contribution in [1.29, 1.82) is 0 Å². The number of aliphatic hydroxyl groups excluding tert-OH is 2. The average Bonchev–Trinajstić information content (AvgIpc) is 3.40. The molecule has 0 aromatic rings.